The second kappa shape index (κ2) is 6.67. The predicted molar refractivity (Wildman–Crippen MR) is 79.9 cm³/mol. The van der Waals surface area contributed by atoms with Crippen molar-refractivity contribution >= 4 is 11.8 Å². The number of nitrogens with zero attached hydrogens (tertiary/aromatic N) is 2. The maximum atomic E-state index is 11.2. The van der Waals surface area contributed by atoms with Gasteiger partial charge in [0.1, 0.15) is 5.03 Å². The van der Waals surface area contributed by atoms with E-state index in [1.54, 1.807) is 0 Å². The third-order valence-electron chi connectivity index (χ3n) is 2.64. The molecule has 2 aromatic rings. The Labute approximate surface area is 122 Å². The SMILES string of the molecule is Cc1cc(CNC(C)C)cnc1Sc1nccc(=O)[nH]1. The van der Waals surface area contributed by atoms with Crippen LogP contribution in [-0.2, 0) is 6.54 Å². The molecule has 0 saturated heterocycles. The van der Waals surface area contributed by atoms with Gasteiger partial charge in [-0.25, -0.2) is 9.97 Å². The first-order valence-electron chi connectivity index (χ1n) is 6.46. The molecule has 2 N–H and O–H groups in total. The largest absolute Gasteiger partial charge is 0.310 e. The Morgan fingerprint density at radius 3 is 2.85 bits per heavy atom. The molecule has 0 aliphatic rings. The van der Waals surface area contributed by atoms with Crippen molar-refractivity contribution in [2.75, 3.05) is 0 Å². The van der Waals surface area contributed by atoms with Crippen LogP contribution in [-0.4, -0.2) is 21.0 Å². The maximum Gasteiger partial charge on any atom is 0.251 e. The van der Waals surface area contributed by atoms with Crippen LogP contribution in [0.15, 0.2) is 39.5 Å². The number of aryl methyl sites for hydroxylation is 1. The molecule has 2 heterocycles. The first-order valence-corrected chi connectivity index (χ1v) is 7.28. The zero-order valence-electron chi connectivity index (χ0n) is 11.8. The van der Waals surface area contributed by atoms with Crippen LogP contribution >= 0.6 is 11.8 Å². The molecule has 106 valence electrons. The number of aromatic amines is 1. The number of hydrogen-bond donors (Lipinski definition) is 2. The van der Waals surface area contributed by atoms with E-state index in [2.05, 4.69) is 40.2 Å². The number of rotatable bonds is 5. The average Bonchev–Trinajstić information content (AvgIpc) is 2.39. The minimum absolute atomic E-state index is 0.155. The highest BCUT2D eigenvalue weighted by molar-refractivity contribution is 7.99. The van der Waals surface area contributed by atoms with Gasteiger partial charge in [-0.3, -0.25) is 4.79 Å². The van der Waals surface area contributed by atoms with Crippen LogP contribution in [0.3, 0.4) is 0 Å². The molecule has 0 atom stereocenters. The van der Waals surface area contributed by atoms with Gasteiger partial charge in [0.2, 0.25) is 0 Å². The minimum Gasteiger partial charge on any atom is -0.310 e. The molecule has 2 aromatic heterocycles. The molecule has 0 aliphatic carbocycles. The van der Waals surface area contributed by atoms with E-state index >= 15 is 0 Å². The molecule has 20 heavy (non-hydrogen) atoms. The molecule has 0 radical (unpaired) electrons. The van der Waals surface area contributed by atoms with Crippen LogP contribution in [0.5, 0.6) is 0 Å². The zero-order chi connectivity index (χ0) is 14.5. The Morgan fingerprint density at radius 1 is 1.40 bits per heavy atom. The third kappa shape index (κ3) is 4.18. The normalized spacial score (nSPS) is 11.0. The van der Waals surface area contributed by atoms with Gasteiger partial charge in [0.15, 0.2) is 5.16 Å². The summed E-state index contributed by atoms with van der Waals surface area (Å²) in [7, 11) is 0. The molecule has 0 spiro atoms. The molecule has 5 nitrogen and oxygen atoms in total. The molecule has 2 rings (SSSR count). The Bertz CT molecular complexity index is 639. The van der Waals surface area contributed by atoms with E-state index in [4.69, 9.17) is 0 Å². The van der Waals surface area contributed by atoms with E-state index in [0.29, 0.717) is 11.2 Å². The summed E-state index contributed by atoms with van der Waals surface area (Å²) in [6.07, 6.45) is 3.35. The van der Waals surface area contributed by atoms with Crippen LogP contribution in [0.1, 0.15) is 25.0 Å². The van der Waals surface area contributed by atoms with E-state index in [-0.39, 0.29) is 5.56 Å². The third-order valence-corrected chi connectivity index (χ3v) is 3.66. The monoisotopic (exact) mass is 290 g/mol. The molecule has 0 aliphatic heterocycles. The summed E-state index contributed by atoms with van der Waals surface area (Å²) in [5.74, 6) is 0. The first kappa shape index (κ1) is 14.7. The molecule has 0 fully saturated rings. The molecule has 6 heteroatoms. The van der Waals surface area contributed by atoms with Gasteiger partial charge in [-0.2, -0.15) is 0 Å². The van der Waals surface area contributed by atoms with Crippen LogP contribution in [0, 0.1) is 6.92 Å². The number of hydrogen-bond acceptors (Lipinski definition) is 5. The Hall–Kier alpha value is -1.66. The molecule has 0 unspecified atom stereocenters. The lowest BCUT2D eigenvalue weighted by Gasteiger charge is -2.10. The highest BCUT2D eigenvalue weighted by Crippen LogP contribution is 2.25. The van der Waals surface area contributed by atoms with Crippen molar-refractivity contribution in [2.45, 2.75) is 43.5 Å². The van der Waals surface area contributed by atoms with E-state index in [0.717, 1.165) is 22.7 Å². The van der Waals surface area contributed by atoms with Gasteiger partial charge in [0.05, 0.1) is 0 Å². The molecule has 0 bridgehead atoms. The summed E-state index contributed by atoms with van der Waals surface area (Å²) in [4.78, 5) is 22.5. The van der Waals surface area contributed by atoms with Gasteiger partial charge in [-0.15, -0.1) is 0 Å². The van der Waals surface area contributed by atoms with E-state index in [9.17, 15) is 4.79 Å². The Kier molecular flexibility index (Phi) is 4.92. The lowest BCUT2D eigenvalue weighted by atomic mass is 10.2. The van der Waals surface area contributed by atoms with Crippen LogP contribution < -0.4 is 10.9 Å². The van der Waals surface area contributed by atoms with E-state index < -0.39 is 0 Å². The van der Waals surface area contributed by atoms with Crippen molar-refractivity contribution in [2.24, 2.45) is 0 Å². The van der Waals surface area contributed by atoms with Crippen molar-refractivity contribution in [3.63, 3.8) is 0 Å². The van der Waals surface area contributed by atoms with Crippen LogP contribution in [0.2, 0.25) is 0 Å². The van der Waals surface area contributed by atoms with Crippen LogP contribution in [0.25, 0.3) is 0 Å². The summed E-state index contributed by atoms with van der Waals surface area (Å²) >= 11 is 1.36. The van der Waals surface area contributed by atoms with Crippen molar-refractivity contribution in [1.29, 1.82) is 0 Å². The quantitative estimate of drug-likeness (QED) is 0.825. The first-order chi connectivity index (χ1) is 9.54. The van der Waals surface area contributed by atoms with Crippen molar-refractivity contribution in [1.82, 2.24) is 20.3 Å². The standard InChI is InChI=1S/C14H18N4OS/c1-9(2)16-7-11-6-10(3)13(17-8-11)20-14-15-5-4-12(19)18-14/h4-6,8-9,16H,7H2,1-3H3,(H,15,18,19). The number of nitrogens with one attached hydrogen (secondary N) is 2. The minimum atomic E-state index is -0.155. The fourth-order valence-electron chi connectivity index (χ4n) is 1.64. The highest BCUT2D eigenvalue weighted by Gasteiger charge is 2.06. The molecule has 0 amide bonds. The topological polar surface area (TPSA) is 70.7 Å². The molecule has 0 aromatic carbocycles. The highest BCUT2D eigenvalue weighted by atomic mass is 32.2. The van der Waals surface area contributed by atoms with Gasteiger partial charge in [0.25, 0.3) is 5.56 Å². The molecule has 0 saturated carbocycles. The molecular formula is C14H18N4OS. The van der Waals surface area contributed by atoms with Gasteiger partial charge < -0.3 is 10.3 Å². The van der Waals surface area contributed by atoms with Crippen molar-refractivity contribution in [3.8, 4) is 0 Å². The maximum absolute atomic E-state index is 11.2. The fourth-order valence-corrected chi connectivity index (χ4v) is 2.42. The van der Waals surface area contributed by atoms with E-state index in [1.165, 1.54) is 24.0 Å². The number of pyridine rings is 1. The lowest BCUT2D eigenvalue weighted by molar-refractivity contribution is 0.587. The number of aromatic nitrogens is 3. The summed E-state index contributed by atoms with van der Waals surface area (Å²) < 4.78 is 0. The van der Waals surface area contributed by atoms with Gasteiger partial charge in [-0.1, -0.05) is 19.9 Å². The predicted octanol–water partition coefficient (Wildman–Crippen LogP) is 2.12. The van der Waals surface area contributed by atoms with Crippen molar-refractivity contribution < 1.29 is 0 Å². The smallest absolute Gasteiger partial charge is 0.251 e. The zero-order valence-corrected chi connectivity index (χ0v) is 12.6. The van der Waals surface area contributed by atoms with Crippen molar-refractivity contribution in [3.05, 3.63) is 46.0 Å². The molecular weight excluding hydrogens is 272 g/mol. The van der Waals surface area contributed by atoms with E-state index in [1.807, 2.05) is 13.1 Å². The Balaban J connectivity index is 2.11. The average molecular weight is 290 g/mol. The summed E-state index contributed by atoms with van der Waals surface area (Å²) in [6, 6.07) is 3.94. The lowest BCUT2D eigenvalue weighted by Crippen LogP contribution is -2.21. The number of H-pyrrole nitrogens is 1. The summed E-state index contributed by atoms with van der Waals surface area (Å²) in [5, 5.41) is 4.77. The summed E-state index contributed by atoms with van der Waals surface area (Å²) in [6.45, 7) is 7.04. The van der Waals surface area contributed by atoms with Gasteiger partial charge in [0, 0.05) is 31.0 Å². The second-order valence-electron chi connectivity index (χ2n) is 4.84. The fraction of sp³-hybridized carbons (Fsp3) is 0.357. The van der Waals surface area contributed by atoms with Gasteiger partial charge in [-0.05, 0) is 29.8 Å². The van der Waals surface area contributed by atoms with Gasteiger partial charge >= 0.3 is 0 Å². The summed E-state index contributed by atoms with van der Waals surface area (Å²) in [5.41, 5.74) is 2.07. The second-order valence-corrected chi connectivity index (χ2v) is 5.82. The Morgan fingerprint density at radius 2 is 2.20 bits per heavy atom. The van der Waals surface area contributed by atoms with Crippen LogP contribution in [0.4, 0.5) is 0 Å².